The Labute approximate surface area is 129 Å². The highest BCUT2D eigenvalue weighted by atomic mass is 16.5. The van der Waals surface area contributed by atoms with Crippen LogP contribution < -0.4 is 4.90 Å². The van der Waals surface area contributed by atoms with Gasteiger partial charge >= 0.3 is 0 Å². The van der Waals surface area contributed by atoms with E-state index in [2.05, 4.69) is 44.1 Å². The lowest BCUT2D eigenvalue weighted by atomic mass is 10.1. The second-order valence-corrected chi connectivity index (χ2v) is 5.51. The predicted molar refractivity (Wildman–Crippen MR) is 86.2 cm³/mol. The largest absolute Gasteiger partial charge is 0.378 e. The molecule has 0 spiro atoms. The molecule has 0 amide bonds. The first-order chi connectivity index (χ1) is 10.9. The lowest BCUT2D eigenvalue weighted by molar-refractivity contribution is 0.122. The molecule has 0 saturated carbocycles. The first kappa shape index (κ1) is 13.3. The van der Waals surface area contributed by atoms with Crippen molar-refractivity contribution in [3.8, 4) is 0 Å². The molecule has 3 heterocycles. The summed E-state index contributed by atoms with van der Waals surface area (Å²) in [5, 5.41) is 0. The van der Waals surface area contributed by atoms with E-state index in [4.69, 9.17) is 4.74 Å². The SMILES string of the molecule is c1cc2nc(Cc3ccc(N4CCOCC4)cc3)ncc2[nH]1. The van der Waals surface area contributed by atoms with Crippen LogP contribution in [0, 0.1) is 0 Å². The van der Waals surface area contributed by atoms with Crippen LogP contribution in [0.5, 0.6) is 0 Å². The van der Waals surface area contributed by atoms with Crippen LogP contribution in [0.3, 0.4) is 0 Å². The van der Waals surface area contributed by atoms with Gasteiger partial charge in [-0.05, 0) is 23.8 Å². The lowest BCUT2D eigenvalue weighted by Crippen LogP contribution is -2.36. The van der Waals surface area contributed by atoms with E-state index in [0.29, 0.717) is 0 Å². The molecule has 112 valence electrons. The number of nitrogens with one attached hydrogen (secondary N) is 1. The van der Waals surface area contributed by atoms with Crippen LogP contribution in [0.25, 0.3) is 11.0 Å². The zero-order chi connectivity index (χ0) is 14.8. The molecule has 5 heteroatoms. The lowest BCUT2D eigenvalue weighted by Gasteiger charge is -2.28. The van der Waals surface area contributed by atoms with Gasteiger partial charge in [0.25, 0.3) is 0 Å². The van der Waals surface area contributed by atoms with E-state index in [1.54, 1.807) is 0 Å². The van der Waals surface area contributed by atoms with E-state index in [0.717, 1.165) is 49.6 Å². The Morgan fingerprint density at radius 2 is 1.91 bits per heavy atom. The minimum Gasteiger partial charge on any atom is -0.378 e. The normalized spacial score (nSPS) is 15.4. The number of hydrogen-bond acceptors (Lipinski definition) is 4. The van der Waals surface area contributed by atoms with E-state index >= 15 is 0 Å². The Morgan fingerprint density at radius 3 is 2.73 bits per heavy atom. The van der Waals surface area contributed by atoms with Gasteiger partial charge in [0, 0.05) is 31.4 Å². The van der Waals surface area contributed by atoms with Crippen LogP contribution in [0.15, 0.2) is 42.7 Å². The monoisotopic (exact) mass is 294 g/mol. The summed E-state index contributed by atoms with van der Waals surface area (Å²) in [6.07, 6.45) is 4.49. The van der Waals surface area contributed by atoms with Gasteiger partial charge in [-0.25, -0.2) is 9.97 Å². The van der Waals surface area contributed by atoms with E-state index < -0.39 is 0 Å². The van der Waals surface area contributed by atoms with Crippen molar-refractivity contribution in [3.63, 3.8) is 0 Å². The van der Waals surface area contributed by atoms with E-state index in [9.17, 15) is 0 Å². The summed E-state index contributed by atoms with van der Waals surface area (Å²) < 4.78 is 5.39. The third-order valence-electron chi connectivity index (χ3n) is 4.02. The van der Waals surface area contributed by atoms with Gasteiger partial charge in [0.15, 0.2) is 0 Å². The number of rotatable bonds is 3. The summed E-state index contributed by atoms with van der Waals surface area (Å²) >= 11 is 0. The molecule has 0 bridgehead atoms. The minimum atomic E-state index is 0.754. The molecule has 2 aromatic heterocycles. The summed E-state index contributed by atoms with van der Waals surface area (Å²) in [5.74, 6) is 0.853. The van der Waals surface area contributed by atoms with Gasteiger partial charge in [0.05, 0.1) is 30.4 Å². The molecular formula is C17H18N4O. The fourth-order valence-electron chi connectivity index (χ4n) is 2.80. The number of benzene rings is 1. The minimum absolute atomic E-state index is 0.754. The molecule has 1 aliphatic rings. The van der Waals surface area contributed by atoms with Crippen LogP contribution in [0.4, 0.5) is 5.69 Å². The highest BCUT2D eigenvalue weighted by molar-refractivity contribution is 5.73. The first-order valence-electron chi connectivity index (χ1n) is 7.59. The smallest absolute Gasteiger partial charge is 0.133 e. The summed E-state index contributed by atoms with van der Waals surface area (Å²) in [4.78, 5) is 14.5. The van der Waals surface area contributed by atoms with Crippen molar-refractivity contribution in [1.29, 1.82) is 0 Å². The maximum absolute atomic E-state index is 5.39. The fourth-order valence-corrected chi connectivity index (χ4v) is 2.80. The van der Waals surface area contributed by atoms with Gasteiger partial charge in [0.1, 0.15) is 5.82 Å². The zero-order valence-electron chi connectivity index (χ0n) is 12.3. The number of nitrogens with zero attached hydrogens (tertiary/aromatic N) is 3. The molecule has 1 saturated heterocycles. The van der Waals surface area contributed by atoms with Crippen molar-refractivity contribution in [2.45, 2.75) is 6.42 Å². The van der Waals surface area contributed by atoms with Gasteiger partial charge in [-0.1, -0.05) is 12.1 Å². The molecule has 1 aromatic carbocycles. The fraction of sp³-hybridized carbons (Fsp3) is 0.294. The predicted octanol–water partition coefficient (Wildman–Crippen LogP) is 2.39. The summed E-state index contributed by atoms with van der Waals surface area (Å²) in [6.45, 7) is 3.55. The molecular weight excluding hydrogens is 276 g/mol. The third kappa shape index (κ3) is 2.67. The highest BCUT2D eigenvalue weighted by Gasteiger charge is 2.11. The van der Waals surface area contributed by atoms with Gasteiger partial charge in [-0.15, -0.1) is 0 Å². The van der Waals surface area contributed by atoms with Crippen molar-refractivity contribution in [2.24, 2.45) is 0 Å². The molecule has 0 aliphatic carbocycles. The van der Waals surface area contributed by atoms with Crippen LogP contribution in [0.1, 0.15) is 11.4 Å². The molecule has 3 aromatic rings. The van der Waals surface area contributed by atoms with Crippen LogP contribution in [-0.4, -0.2) is 41.3 Å². The van der Waals surface area contributed by atoms with Crippen molar-refractivity contribution in [2.75, 3.05) is 31.2 Å². The summed E-state index contributed by atoms with van der Waals surface area (Å²) in [5.41, 5.74) is 4.43. The van der Waals surface area contributed by atoms with Crippen LogP contribution in [-0.2, 0) is 11.2 Å². The zero-order valence-corrected chi connectivity index (χ0v) is 12.3. The Balaban J connectivity index is 1.50. The van der Waals surface area contributed by atoms with Gasteiger partial charge in [-0.2, -0.15) is 0 Å². The topological polar surface area (TPSA) is 54.0 Å². The summed E-state index contributed by atoms with van der Waals surface area (Å²) in [6, 6.07) is 10.7. The van der Waals surface area contributed by atoms with Crippen molar-refractivity contribution >= 4 is 16.7 Å². The summed E-state index contributed by atoms with van der Waals surface area (Å²) in [7, 11) is 0. The van der Waals surface area contributed by atoms with E-state index in [1.165, 1.54) is 11.3 Å². The van der Waals surface area contributed by atoms with E-state index in [-0.39, 0.29) is 0 Å². The number of fused-ring (bicyclic) bond motifs is 1. The molecule has 0 unspecified atom stereocenters. The number of H-pyrrole nitrogens is 1. The molecule has 0 atom stereocenters. The van der Waals surface area contributed by atoms with Gasteiger partial charge in [0.2, 0.25) is 0 Å². The number of aromatic nitrogens is 3. The number of aromatic amines is 1. The van der Waals surface area contributed by atoms with Crippen molar-refractivity contribution in [1.82, 2.24) is 15.0 Å². The standard InChI is InChI=1S/C17H18N4O/c1-3-14(21-7-9-22-10-8-21)4-2-13(1)11-17-19-12-16-15(20-17)5-6-18-16/h1-6,12,18H,7-11H2. The molecule has 5 nitrogen and oxygen atoms in total. The van der Waals surface area contributed by atoms with Gasteiger partial charge in [-0.3, -0.25) is 0 Å². The molecule has 1 aliphatic heterocycles. The third-order valence-corrected chi connectivity index (χ3v) is 4.02. The van der Waals surface area contributed by atoms with Crippen molar-refractivity contribution in [3.05, 3.63) is 54.1 Å². The Hall–Kier alpha value is -2.40. The number of ether oxygens (including phenoxy) is 1. The quantitative estimate of drug-likeness (QED) is 0.806. The average Bonchev–Trinajstić information content (AvgIpc) is 3.04. The highest BCUT2D eigenvalue weighted by Crippen LogP contribution is 2.18. The number of hydrogen-bond donors (Lipinski definition) is 1. The second kappa shape index (κ2) is 5.77. The first-order valence-corrected chi connectivity index (χ1v) is 7.59. The van der Waals surface area contributed by atoms with E-state index in [1.807, 2.05) is 18.5 Å². The second-order valence-electron chi connectivity index (χ2n) is 5.51. The maximum atomic E-state index is 5.39. The Morgan fingerprint density at radius 1 is 1.09 bits per heavy atom. The Kier molecular flexibility index (Phi) is 3.48. The number of morpholine rings is 1. The van der Waals surface area contributed by atoms with Crippen molar-refractivity contribution < 1.29 is 4.74 Å². The van der Waals surface area contributed by atoms with Crippen LogP contribution >= 0.6 is 0 Å². The van der Waals surface area contributed by atoms with Crippen LogP contribution in [0.2, 0.25) is 0 Å². The average molecular weight is 294 g/mol. The maximum Gasteiger partial charge on any atom is 0.133 e. The molecule has 22 heavy (non-hydrogen) atoms. The molecule has 1 N–H and O–H groups in total. The molecule has 4 rings (SSSR count). The van der Waals surface area contributed by atoms with Gasteiger partial charge < -0.3 is 14.6 Å². The molecule has 1 fully saturated rings. The Bertz CT molecular complexity index is 760. The number of anilines is 1. The molecule has 0 radical (unpaired) electrons.